The van der Waals surface area contributed by atoms with Crippen LogP contribution in [0.15, 0.2) is 66.7 Å². The van der Waals surface area contributed by atoms with Gasteiger partial charge in [-0.05, 0) is 59.7 Å². The highest BCUT2D eigenvalue weighted by Gasteiger charge is 2.35. The average Bonchev–Trinajstić information content (AvgIpc) is 2.88. The molecular formula is C31H35F3N2O2. The number of aliphatic hydroxyl groups excluding tert-OH is 1. The molecule has 1 aliphatic rings. The molecule has 38 heavy (non-hydrogen) atoms. The maximum absolute atomic E-state index is 14.3. The molecule has 2 atom stereocenters. The van der Waals surface area contributed by atoms with Gasteiger partial charge in [0, 0.05) is 31.5 Å². The van der Waals surface area contributed by atoms with Crippen molar-refractivity contribution in [2.24, 2.45) is 0 Å². The summed E-state index contributed by atoms with van der Waals surface area (Å²) >= 11 is 0. The monoisotopic (exact) mass is 524 g/mol. The predicted octanol–water partition coefficient (Wildman–Crippen LogP) is 5.55. The highest BCUT2D eigenvalue weighted by Crippen LogP contribution is 2.38. The highest BCUT2D eigenvalue weighted by molar-refractivity contribution is 5.73. The summed E-state index contributed by atoms with van der Waals surface area (Å²) < 4.78 is 41.8. The van der Waals surface area contributed by atoms with Gasteiger partial charge in [0.25, 0.3) is 0 Å². The Balaban J connectivity index is 1.52. The number of nitrogens with one attached hydrogen (secondary N) is 2. The summed E-state index contributed by atoms with van der Waals surface area (Å²) in [6.07, 6.45) is 4.50. The van der Waals surface area contributed by atoms with E-state index in [0.717, 1.165) is 49.3 Å². The molecule has 4 nitrogen and oxygen atoms in total. The first-order valence-electron chi connectivity index (χ1n) is 13.2. The van der Waals surface area contributed by atoms with Crippen molar-refractivity contribution >= 4 is 5.91 Å². The first-order chi connectivity index (χ1) is 18.2. The van der Waals surface area contributed by atoms with Gasteiger partial charge in [0.1, 0.15) is 17.5 Å². The molecule has 3 aromatic rings. The maximum Gasteiger partial charge on any atom is 0.217 e. The van der Waals surface area contributed by atoms with Crippen LogP contribution >= 0.6 is 0 Å². The van der Waals surface area contributed by atoms with Gasteiger partial charge < -0.3 is 15.7 Å². The van der Waals surface area contributed by atoms with Crippen LogP contribution < -0.4 is 10.6 Å². The number of carbonyl (C=O) groups is 1. The lowest BCUT2D eigenvalue weighted by Gasteiger charge is -2.40. The smallest absolute Gasteiger partial charge is 0.217 e. The second-order valence-electron chi connectivity index (χ2n) is 10.3. The van der Waals surface area contributed by atoms with E-state index >= 15 is 0 Å². The zero-order valence-corrected chi connectivity index (χ0v) is 21.7. The summed E-state index contributed by atoms with van der Waals surface area (Å²) in [4.78, 5) is 11.9. The summed E-state index contributed by atoms with van der Waals surface area (Å²) in [7, 11) is 0. The quantitative estimate of drug-likeness (QED) is 0.326. The fraction of sp³-hybridized carbons (Fsp3) is 0.387. The number of benzene rings is 3. The summed E-state index contributed by atoms with van der Waals surface area (Å²) in [5.41, 5.74) is 2.70. The fourth-order valence-corrected chi connectivity index (χ4v) is 5.53. The zero-order valence-electron chi connectivity index (χ0n) is 21.7. The summed E-state index contributed by atoms with van der Waals surface area (Å²) in [6.45, 7) is 1.53. The molecule has 0 unspecified atom stereocenters. The van der Waals surface area contributed by atoms with E-state index in [1.165, 1.54) is 25.1 Å². The number of amides is 1. The van der Waals surface area contributed by atoms with Crippen LogP contribution in [-0.4, -0.2) is 29.7 Å². The van der Waals surface area contributed by atoms with Crippen LogP contribution in [0.5, 0.6) is 0 Å². The Morgan fingerprint density at radius 2 is 1.63 bits per heavy atom. The number of hydrogen-bond acceptors (Lipinski definition) is 3. The molecule has 0 radical (unpaired) electrons. The number of rotatable bonds is 10. The van der Waals surface area contributed by atoms with Crippen molar-refractivity contribution in [1.29, 1.82) is 0 Å². The van der Waals surface area contributed by atoms with Crippen LogP contribution in [-0.2, 0) is 23.2 Å². The Morgan fingerprint density at radius 3 is 2.32 bits per heavy atom. The summed E-state index contributed by atoms with van der Waals surface area (Å²) in [6, 6.07) is 17.4. The molecule has 0 heterocycles. The van der Waals surface area contributed by atoms with Crippen LogP contribution in [0.1, 0.15) is 61.3 Å². The third-order valence-corrected chi connectivity index (χ3v) is 7.42. The average molecular weight is 525 g/mol. The van der Waals surface area contributed by atoms with Gasteiger partial charge in [0.2, 0.25) is 5.91 Å². The Kier molecular flexibility index (Phi) is 9.23. The number of hydrogen-bond donors (Lipinski definition) is 3. The predicted molar refractivity (Wildman–Crippen MR) is 142 cm³/mol. The van der Waals surface area contributed by atoms with Crippen LogP contribution in [0.25, 0.3) is 0 Å². The largest absolute Gasteiger partial charge is 0.390 e. The second kappa shape index (κ2) is 12.6. The number of carbonyl (C=O) groups excluding carboxylic acids is 1. The van der Waals surface area contributed by atoms with E-state index in [1.807, 2.05) is 18.2 Å². The lowest BCUT2D eigenvalue weighted by atomic mass is 9.76. The summed E-state index contributed by atoms with van der Waals surface area (Å²) in [5.74, 6) is -1.97. The molecule has 1 saturated carbocycles. The molecule has 0 aromatic heterocycles. The van der Waals surface area contributed by atoms with E-state index in [-0.39, 0.29) is 30.2 Å². The molecule has 0 bridgehead atoms. The van der Waals surface area contributed by atoms with E-state index in [1.54, 1.807) is 12.1 Å². The number of aliphatic hydroxyl groups is 1. The standard InChI is InChI=1S/C31H35F3N2O2/c1-21(37)36-29(18-23-16-26(32)19-27(33)17-23)30(38)20-35-31(12-5-2-6-13-31)25-10-7-8-22(15-25)14-24-9-3-4-11-28(24)34/h3-4,7-11,15-17,19,29-30,35,38H,2,5-6,12-14,18,20H2,1H3,(H,36,37)/t29-,30+/m0/s1. The van der Waals surface area contributed by atoms with Gasteiger partial charge >= 0.3 is 0 Å². The molecule has 7 heteroatoms. The minimum Gasteiger partial charge on any atom is -0.390 e. The molecule has 0 spiro atoms. The first-order valence-corrected chi connectivity index (χ1v) is 13.2. The van der Waals surface area contributed by atoms with E-state index in [0.29, 0.717) is 17.5 Å². The minimum atomic E-state index is -0.995. The van der Waals surface area contributed by atoms with Crippen molar-refractivity contribution < 1.29 is 23.1 Å². The normalized spacial score (nSPS) is 16.6. The van der Waals surface area contributed by atoms with Gasteiger partial charge in [-0.2, -0.15) is 0 Å². The molecule has 3 aromatic carbocycles. The van der Waals surface area contributed by atoms with E-state index in [4.69, 9.17) is 0 Å². The van der Waals surface area contributed by atoms with Crippen molar-refractivity contribution in [2.75, 3.05) is 6.54 Å². The van der Waals surface area contributed by atoms with Gasteiger partial charge in [0.15, 0.2) is 0 Å². The lowest BCUT2D eigenvalue weighted by molar-refractivity contribution is -0.120. The Morgan fingerprint density at radius 1 is 0.921 bits per heavy atom. The highest BCUT2D eigenvalue weighted by atomic mass is 19.1. The molecule has 1 fully saturated rings. The van der Waals surface area contributed by atoms with Crippen LogP contribution in [0.4, 0.5) is 13.2 Å². The lowest BCUT2D eigenvalue weighted by Crippen LogP contribution is -2.53. The third-order valence-electron chi connectivity index (χ3n) is 7.42. The zero-order chi connectivity index (χ0) is 27.1. The van der Waals surface area contributed by atoms with Gasteiger partial charge in [-0.3, -0.25) is 4.79 Å². The van der Waals surface area contributed by atoms with Crippen molar-refractivity contribution in [2.45, 2.75) is 69.6 Å². The number of halogens is 3. The Bertz CT molecular complexity index is 1220. The molecule has 1 amide bonds. The summed E-state index contributed by atoms with van der Waals surface area (Å²) in [5, 5.41) is 17.5. The minimum absolute atomic E-state index is 0.0855. The molecule has 1 aliphatic carbocycles. The van der Waals surface area contributed by atoms with E-state index in [9.17, 15) is 23.1 Å². The van der Waals surface area contributed by atoms with Crippen molar-refractivity contribution in [3.8, 4) is 0 Å². The Hall–Kier alpha value is -3.16. The first kappa shape index (κ1) is 27.9. The molecule has 0 saturated heterocycles. The van der Waals surface area contributed by atoms with Crippen LogP contribution in [0, 0.1) is 17.5 Å². The fourth-order valence-electron chi connectivity index (χ4n) is 5.53. The molecule has 3 N–H and O–H groups in total. The van der Waals surface area contributed by atoms with Gasteiger partial charge in [-0.25, -0.2) is 13.2 Å². The topological polar surface area (TPSA) is 61.4 Å². The van der Waals surface area contributed by atoms with Crippen molar-refractivity contribution in [3.63, 3.8) is 0 Å². The Labute approximate surface area is 222 Å². The van der Waals surface area contributed by atoms with Crippen LogP contribution in [0.2, 0.25) is 0 Å². The maximum atomic E-state index is 14.3. The van der Waals surface area contributed by atoms with E-state index in [2.05, 4.69) is 22.8 Å². The van der Waals surface area contributed by atoms with E-state index < -0.39 is 23.8 Å². The molecule has 4 rings (SSSR count). The van der Waals surface area contributed by atoms with Gasteiger partial charge in [-0.15, -0.1) is 0 Å². The molecular weight excluding hydrogens is 489 g/mol. The SMILES string of the molecule is CC(=O)N[C@@H](Cc1cc(F)cc(F)c1)[C@H](O)CNC1(c2cccc(Cc3ccccc3F)c2)CCCCC1. The third kappa shape index (κ3) is 7.23. The van der Waals surface area contributed by atoms with Crippen molar-refractivity contribution in [3.05, 3.63) is 106 Å². The molecule has 0 aliphatic heterocycles. The van der Waals surface area contributed by atoms with Crippen molar-refractivity contribution in [1.82, 2.24) is 10.6 Å². The van der Waals surface area contributed by atoms with Gasteiger partial charge in [0.05, 0.1) is 12.1 Å². The van der Waals surface area contributed by atoms with Gasteiger partial charge in [-0.1, -0.05) is 61.7 Å². The second-order valence-corrected chi connectivity index (χ2v) is 10.3. The molecule has 202 valence electrons. The van der Waals surface area contributed by atoms with Crippen LogP contribution in [0.3, 0.4) is 0 Å².